The zero-order valence-corrected chi connectivity index (χ0v) is 12.2. The minimum absolute atomic E-state index is 0.166. The molecule has 0 radical (unpaired) electrons. The zero-order chi connectivity index (χ0) is 15.6. The second kappa shape index (κ2) is 6.02. The summed E-state index contributed by atoms with van der Waals surface area (Å²) in [5, 5.41) is 0. The van der Waals surface area contributed by atoms with Crippen LogP contribution in [0, 0.1) is 0 Å². The Morgan fingerprint density at radius 1 is 1.05 bits per heavy atom. The molecule has 21 heavy (non-hydrogen) atoms. The van der Waals surface area contributed by atoms with Crippen molar-refractivity contribution in [3.8, 4) is 0 Å². The van der Waals surface area contributed by atoms with Crippen LogP contribution in [0.15, 0.2) is 18.5 Å². The fraction of sp³-hybridized carbons (Fsp3) is 0.357. The van der Waals surface area contributed by atoms with Crippen molar-refractivity contribution in [2.75, 3.05) is 11.5 Å². The van der Waals surface area contributed by atoms with Gasteiger partial charge in [0.15, 0.2) is 0 Å². The van der Waals surface area contributed by atoms with Crippen LogP contribution in [0.25, 0.3) is 0 Å². The summed E-state index contributed by atoms with van der Waals surface area (Å²) in [7, 11) is 0. The normalized spacial score (nSPS) is 11.3. The van der Waals surface area contributed by atoms with E-state index in [1.807, 2.05) is 12.3 Å². The van der Waals surface area contributed by atoms with Crippen LogP contribution in [0.2, 0.25) is 0 Å². The van der Waals surface area contributed by atoms with Gasteiger partial charge in [-0.3, -0.25) is 4.98 Å². The number of aromatic nitrogens is 3. The topological polar surface area (TPSA) is 143 Å². The summed E-state index contributed by atoms with van der Waals surface area (Å²) < 4.78 is 0. The van der Waals surface area contributed by atoms with Gasteiger partial charge in [-0.1, -0.05) is 13.8 Å². The highest BCUT2D eigenvalue weighted by Crippen LogP contribution is 2.24. The Kier molecular flexibility index (Phi) is 4.35. The smallest absolute Gasteiger partial charge is 0.221 e. The van der Waals surface area contributed by atoms with E-state index in [0.29, 0.717) is 23.9 Å². The van der Waals surface area contributed by atoms with E-state index < -0.39 is 6.17 Å². The molecule has 7 heteroatoms. The molecule has 8 N–H and O–H groups in total. The van der Waals surface area contributed by atoms with Crippen LogP contribution in [0.3, 0.4) is 0 Å². The van der Waals surface area contributed by atoms with Gasteiger partial charge in [0.05, 0.1) is 11.9 Å². The van der Waals surface area contributed by atoms with Gasteiger partial charge in [-0.2, -0.15) is 4.98 Å². The number of nitrogens with two attached hydrogens (primary N) is 4. The molecule has 2 heterocycles. The second-order valence-electron chi connectivity index (χ2n) is 5.30. The third-order valence-electron chi connectivity index (χ3n) is 3.31. The molecule has 0 unspecified atom stereocenters. The maximum absolute atomic E-state index is 5.90. The molecular weight excluding hydrogens is 266 g/mol. The fourth-order valence-corrected chi connectivity index (χ4v) is 2.16. The Morgan fingerprint density at radius 2 is 1.76 bits per heavy atom. The average molecular weight is 287 g/mol. The first-order valence-corrected chi connectivity index (χ1v) is 6.75. The standard InChI is InChI=1S/C14H21N7/c1-7(2)10-6-19-11(12(15)16)4-8(10)3-9-5-20-14(18)21-13(9)17/h4-7,12H,3,15-16H2,1-2H3,(H4,17,18,20,21). The third kappa shape index (κ3) is 3.45. The molecule has 0 aliphatic heterocycles. The van der Waals surface area contributed by atoms with E-state index in [2.05, 4.69) is 28.8 Å². The summed E-state index contributed by atoms with van der Waals surface area (Å²) in [4.78, 5) is 12.3. The Hall–Kier alpha value is -2.25. The number of hydrogen-bond donors (Lipinski definition) is 4. The van der Waals surface area contributed by atoms with Crippen LogP contribution in [0.4, 0.5) is 11.8 Å². The van der Waals surface area contributed by atoms with E-state index >= 15 is 0 Å². The lowest BCUT2D eigenvalue weighted by Gasteiger charge is -2.16. The molecule has 0 saturated carbocycles. The molecule has 0 bridgehead atoms. The summed E-state index contributed by atoms with van der Waals surface area (Å²) in [5.74, 6) is 0.874. The Bertz CT molecular complexity index is 637. The highest BCUT2D eigenvalue weighted by molar-refractivity contribution is 5.45. The van der Waals surface area contributed by atoms with Crippen molar-refractivity contribution >= 4 is 11.8 Å². The van der Waals surface area contributed by atoms with E-state index in [4.69, 9.17) is 22.9 Å². The minimum atomic E-state index is -0.607. The van der Waals surface area contributed by atoms with Crippen LogP contribution in [0.5, 0.6) is 0 Å². The predicted octanol–water partition coefficient (Wildman–Crippen LogP) is 0.666. The van der Waals surface area contributed by atoms with Crippen molar-refractivity contribution in [1.82, 2.24) is 15.0 Å². The van der Waals surface area contributed by atoms with Crippen molar-refractivity contribution in [3.05, 3.63) is 40.8 Å². The number of nitrogen functional groups attached to an aromatic ring is 2. The molecule has 0 spiro atoms. The van der Waals surface area contributed by atoms with Gasteiger partial charge in [-0.05, 0) is 23.1 Å². The van der Waals surface area contributed by atoms with Crippen molar-refractivity contribution in [2.45, 2.75) is 32.4 Å². The third-order valence-corrected chi connectivity index (χ3v) is 3.31. The highest BCUT2D eigenvalue weighted by Gasteiger charge is 2.13. The molecule has 2 aromatic rings. The number of anilines is 2. The first-order chi connectivity index (χ1) is 9.88. The molecule has 0 aliphatic carbocycles. The molecule has 7 nitrogen and oxygen atoms in total. The van der Waals surface area contributed by atoms with Crippen molar-refractivity contribution in [1.29, 1.82) is 0 Å². The van der Waals surface area contributed by atoms with Crippen LogP contribution in [-0.4, -0.2) is 15.0 Å². The van der Waals surface area contributed by atoms with Crippen LogP contribution in [-0.2, 0) is 6.42 Å². The second-order valence-corrected chi connectivity index (χ2v) is 5.30. The largest absolute Gasteiger partial charge is 0.383 e. The molecule has 2 rings (SSSR count). The lowest BCUT2D eigenvalue weighted by atomic mass is 9.94. The first-order valence-electron chi connectivity index (χ1n) is 6.75. The predicted molar refractivity (Wildman–Crippen MR) is 83.1 cm³/mol. The molecule has 0 atom stereocenters. The Labute approximate surface area is 123 Å². The van der Waals surface area contributed by atoms with Crippen molar-refractivity contribution < 1.29 is 0 Å². The molecule has 112 valence electrons. The van der Waals surface area contributed by atoms with Gasteiger partial charge in [0.2, 0.25) is 5.95 Å². The summed E-state index contributed by atoms with van der Waals surface area (Å²) >= 11 is 0. The first kappa shape index (κ1) is 15.1. The quantitative estimate of drug-likeness (QED) is 0.605. The summed E-state index contributed by atoms with van der Waals surface area (Å²) in [5.41, 5.74) is 26.5. The van der Waals surface area contributed by atoms with Gasteiger partial charge >= 0.3 is 0 Å². The number of hydrogen-bond acceptors (Lipinski definition) is 7. The van der Waals surface area contributed by atoms with Gasteiger partial charge in [0.25, 0.3) is 0 Å². The molecule has 0 aliphatic rings. The van der Waals surface area contributed by atoms with E-state index in [9.17, 15) is 0 Å². The van der Waals surface area contributed by atoms with Gasteiger partial charge in [-0.25, -0.2) is 4.98 Å². The summed E-state index contributed by atoms with van der Waals surface area (Å²) in [6.07, 6.45) is 3.44. The molecule has 2 aromatic heterocycles. The summed E-state index contributed by atoms with van der Waals surface area (Å²) in [6.45, 7) is 4.21. The molecule has 0 fully saturated rings. The fourth-order valence-electron chi connectivity index (χ4n) is 2.16. The number of pyridine rings is 1. The van der Waals surface area contributed by atoms with Gasteiger partial charge in [0.1, 0.15) is 5.82 Å². The summed E-state index contributed by atoms with van der Waals surface area (Å²) in [6, 6.07) is 1.91. The van der Waals surface area contributed by atoms with Gasteiger partial charge in [-0.15, -0.1) is 0 Å². The maximum Gasteiger partial charge on any atom is 0.221 e. The van der Waals surface area contributed by atoms with Crippen molar-refractivity contribution in [3.63, 3.8) is 0 Å². The molecule has 0 saturated heterocycles. The zero-order valence-electron chi connectivity index (χ0n) is 12.2. The highest BCUT2D eigenvalue weighted by atomic mass is 15.0. The Balaban J connectivity index is 2.43. The molecular formula is C14H21N7. The van der Waals surface area contributed by atoms with Crippen molar-refractivity contribution in [2.24, 2.45) is 11.5 Å². The number of rotatable bonds is 4. The average Bonchev–Trinajstić information content (AvgIpc) is 2.41. The van der Waals surface area contributed by atoms with E-state index in [0.717, 1.165) is 16.7 Å². The van der Waals surface area contributed by atoms with E-state index in [-0.39, 0.29) is 5.95 Å². The van der Waals surface area contributed by atoms with Crippen LogP contribution >= 0.6 is 0 Å². The molecule has 0 amide bonds. The van der Waals surface area contributed by atoms with Crippen LogP contribution in [0.1, 0.15) is 48.3 Å². The lowest BCUT2D eigenvalue weighted by molar-refractivity contribution is 0.730. The monoisotopic (exact) mass is 287 g/mol. The SMILES string of the molecule is CC(C)c1cnc(C(N)N)cc1Cc1cnc(N)nc1N. The van der Waals surface area contributed by atoms with E-state index in [1.165, 1.54) is 0 Å². The Morgan fingerprint density at radius 3 is 2.33 bits per heavy atom. The lowest BCUT2D eigenvalue weighted by Crippen LogP contribution is -2.22. The maximum atomic E-state index is 5.90. The van der Waals surface area contributed by atoms with Gasteiger partial charge < -0.3 is 22.9 Å². The minimum Gasteiger partial charge on any atom is -0.383 e. The van der Waals surface area contributed by atoms with Gasteiger partial charge in [0, 0.05) is 24.4 Å². The van der Waals surface area contributed by atoms with Crippen LogP contribution < -0.4 is 22.9 Å². The number of nitrogens with zero attached hydrogens (tertiary/aromatic N) is 3. The molecule has 0 aromatic carbocycles. The van der Waals surface area contributed by atoms with E-state index in [1.54, 1.807) is 6.20 Å².